The highest BCUT2D eigenvalue weighted by Crippen LogP contribution is 2.29. The molecule has 3 heteroatoms. The molecule has 0 aliphatic heterocycles. The fourth-order valence-corrected chi connectivity index (χ4v) is 2.61. The second kappa shape index (κ2) is 5.99. The van der Waals surface area contributed by atoms with Crippen molar-refractivity contribution in [2.24, 2.45) is 5.41 Å². The van der Waals surface area contributed by atoms with Crippen molar-refractivity contribution in [3.8, 4) is 5.75 Å². The van der Waals surface area contributed by atoms with Crippen molar-refractivity contribution in [3.63, 3.8) is 0 Å². The molecule has 0 bridgehead atoms. The molecule has 0 fully saturated rings. The van der Waals surface area contributed by atoms with E-state index in [4.69, 9.17) is 4.74 Å². The van der Waals surface area contributed by atoms with E-state index < -0.39 is 0 Å². The Kier molecular flexibility index (Phi) is 5.26. The van der Waals surface area contributed by atoms with Crippen LogP contribution in [0.5, 0.6) is 5.75 Å². The van der Waals surface area contributed by atoms with Gasteiger partial charge < -0.3 is 4.74 Å². The van der Waals surface area contributed by atoms with Gasteiger partial charge in [-0.05, 0) is 29.7 Å². The molecular formula is C12H17IOS. The minimum Gasteiger partial charge on any atom is -0.497 e. The Balaban J connectivity index is 2.51. The third-order valence-corrected chi connectivity index (χ3v) is 5.65. The fourth-order valence-electron chi connectivity index (χ4n) is 0.989. The third kappa shape index (κ3) is 4.64. The number of alkyl halides is 1. The number of ether oxygens (including phenoxy) is 1. The molecule has 0 saturated heterocycles. The van der Waals surface area contributed by atoms with Crippen molar-refractivity contribution >= 4 is 34.4 Å². The standard InChI is InChI=1S/C12H17IOS/c1-12(2,8-13)9-15-11-6-4-10(14-3)5-7-11/h4-7H,8-9H2,1-3H3. The van der Waals surface area contributed by atoms with Crippen LogP contribution in [0.25, 0.3) is 0 Å². The van der Waals surface area contributed by atoms with E-state index in [-0.39, 0.29) is 0 Å². The van der Waals surface area contributed by atoms with Gasteiger partial charge >= 0.3 is 0 Å². The van der Waals surface area contributed by atoms with E-state index in [0.29, 0.717) is 5.41 Å². The van der Waals surface area contributed by atoms with Crippen LogP contribution < -0.4 is 4.74 Å². The first-order chi connectivity index (χ1) is 7.07. The van der Waals surface area contributed by atoms with Crippen molar-refractivity contribution in [1.82, 2.24) is 0 Å². The molecule has 1 rings (SSSR count). The highest BCUT2D eigenvalue weighted by atomic mass is 127. The average molecular weight is 336 g/mol. The van der Waals surface area contributed by atoms with Crippen molar-refractivity contribution in [2.75, 3.05) is 17.3 Å². The smallest absolute Gasteiger partial charge is 0.118 e. The monoisotopic (exact) mass is 336 g/mol. The predicted molar refractivity (Wildman–Crippen MR) is 76.4 cm³/mol. The van der Waals surface area contributed by atoms with E-state index in [1.54, 1.807) is 7.11 Å². The molecule has 0 radical (unpaired) electrons. The first-order valence-corrected chi connectivity index (χ1v) is 7.41. The van der Waals surface area contributed by atoms with Gasteiger partial charge in [-0.25, -0.2) is 0 Å². The normalized spacial score (nSPS) is 11.5. The summed E-state index contributed by atoms with van der Waals surface area (Å²) in [7, 11) is 1.70. The molecule has 1 aromatic carbocycles. The lowest BCUT2D eigenvalue weighted by Gasteiger charge is -2.20. The van der Waals surface area contributed by atoms with Crippen LogP contribution in [-0.4, -0.2) is 17.3 Å². The van der Waals surface area contributed by atoms with Gasteiger partial charge in [0, 0.05) is 15.1 Å². The second-order valence-electron chi connectivity index (χ2n) is 4.26. The van der Waals surface area contributed by atoms with E-state index in [2.05, 4.69) is 48.6 Å². The number of methoxy groups -OCH3 is 1. The van der Waals surface area contributed by atoms with Gasteiger partial charge in [-0.2, -0.15) is 0 Å². The third-order valence-electron chi connectivity index (χ3n) is 2.05. The van der Waals surface area contributed by atoms with E-state index in [1.165, 1.54) is 9.32 Å². The van der Waals surface area contributed by atoms with E-state index in [9.17, 15) is 0 Å². The van der Waals surface area contributed by atoms with Crippen molar-refractivity contribution < 1.29 is 4.74 Å². The Morgan fingerprint density at radius 2 is 1.87 bits per heavy atom. The van der Waals surface area contributed by atoms with Crippen LogP contribution in [0.2, 0.25) is 0 Å². The Morgan fingerprint density at radius 3 is 2.33 bits per heavy atom. The van der Waals surface area contributed by atoms with Crippen LogP contribution in [0.15, 0.2) is 29.2 Å². The highest BCUT2D eigenvalue weighted by Gasteiger charge is 2.15. The molecular weight excluding hydrogens is 319 g/mol. The lowest BCUT2D eigenvalue weighted by Crippen LogP contribution is -2.15. The first-order valence-electron chi connectivity index (χ1n) is 4.90. The Bertz CT molecular complexity index is 295. The minimum absolute atomic E-state index is 0.408. The van der Waals surface area contributed by atoms with Crippen LogP contribution in [0.4, 0.5) is 0 Å². The molecule has 0 aliphatic carbocycles. The summed E-state index contributed by atoms with van der Waals surface area (Å²) in [5, 5.41) is 0. The Hall–Kier alpha value is 0.1000. The van der Waals surface area contributed by atoms with Gasteiger partial charge in [-0.1, -0.05) is 36.4 Å². The van der Waals surface area contributed by atoms with E-state index >= 15 is 0 Å². The van der Waals surface area contributed by atoms with Gasteiger partial charge in [0.05, 0.1) is 7.11 Å². The van der Waals surface area contributed by atoms with Crippen LogP contribution in [-0.2, 0) is 0 Å². The molecule has 0 amide bonds. The molecule has 1 nitrogen and oxygen atoms in total. The minimum atomic E-state index is 0.408. The molecule has 1 aromatic rings. The highest BCUT2D eigenvalue weighted by molar-refractivity contribution is 14.1. The molecule has 0 N–H and O–H groups in total. The lowest BCUT2D eigenvalue weighted by atomic mass is 10.0. The van der Waals surface area contributed by atoms with E-state index in [1.807, 2.05) is 23.9 Å². The summed E-state index contributed by atoms with van der Waals surface area (Å²) in [4.78, 5) is 1.31. The molecule has 0 aliphatic rings. The van der Waals surface area contributed by atoms with Gasteiger partial charge in [0.1, 0.15) is 5.75 Å². The molecule has 84 valence electrons. The number of halogens is 1. The molecule has 0 saturated carbocycles. The van der Waals surface area contributed by atoms with Crippen molar-refractivity contribution in [3.05, 3.63) is 24.3 Å². The molecule has 0 spiro atoms. The lowest BCUT2D eigenvalue weighted by molar-refractivity contribution is 0.414. The first kappa shape index (κ1) is 13.2. The molecule has 0 atom stereocenters. The molecule has 0 heterocycles. The number of hydrogen-bond acceptors (Lipinski definition) is 2. The zero-order valence-corrected chi connectivity index (χ0v) is 12.4. The quantitative estimate of drug-likeness (QED) is 0.452. The predicted octanol–water partition coefficient (Wildman–Crippen LogP) is 4.25. The molecule has 0 unspecified atom stereocenters. The van der Waals surface area contributed by atoms with Crippen LogP contribution >= 0.6 is 34.4 Å². The maximum absolute atomic E-state index is 5.13. The average Bonchev–Trinajstić information content (AvgIpc) is 2.27. The number of hydrogen-bond donors (Lipinski definition) is 0. The summed E-state index contributed by atoms with van der Waals surface area (Å²) in [6.45, 7) is 4.60. The summed E-state index contributed by atoms with van der Waals surface area (Å²) in [5.41, 5.74) is 0.408. The summed E-state index contributed by atoms with van der Waals surface area (Å²) in [6.07, 6.45) is 0. The molecule has 0 aromatic heterocycles. The van der Waals surface area contributed by atoms with Crippen molar-refractivity contribution in [1.29, 1.82) is 0 Å². The van der Waals surface area contributed by atoms with Crippen LogP contribution in [0.3, 0.4) is 0 Å². The van der Waals surface area contributed by atoms with Gasteiger partial charge in [-0.15, -0.1) is 11.8 Å². The topological polar surface area (TPSA) is 9.23 Å². The number of thioether (sulfide) groups is 1. The zero-order valence-electron chi connectivity index (χ0n) is 9.42. The zero-order chi connectivity index (χ0) is 11.3. The molecule has 15 heavy (non-hydrogen) atoms. The van der Waals surface area contributed by atoms with Crippen LogP contribution in [0, 0.1) is 5.41 Å². The van der Waals surface area contributed by atoms with Crippen LogP contribution in [0.1, 0.15) is 13.8 Å². The van der Waals surface area contributed by atoms with E-state index in [0.717, 1.165) is 11.5 Å². The Labute approximate surface area is 110 Å². The Morgan fingerprint density at radius 1 is 1.27 bits per heavy atom. The van der Waals surface area contributed by atoms with Gasteiger partial charge in [0.15, 0.2) is 0 Å². The van der Waals surface area contributed by atoms with Gasteiger partial charge in [0.25, 0.3) is 0 Å². The summed E-state index contributed by atoms with van der Waals surface area (Å²) >= 11 is 4.36. The maximum Gasteiger partial charge on any atom is 0.118 e. The summed E-state index contributed by atoms with van der Waals surface area (Å²) in [5.74, 6) is 2.08. The second-order valence-corrected chi connectivity index (χ2v) is 6.07. The van der Waals surface area contributed by atoms with Gasteiger partial charge in [0.2, 0.25) is 0 Å². The maximum atomic E-state index is 5.13. The summed E-state index contributed by atoms with van der Waals surface area (Å²) in [6, 6.07) is 8.26. The fraction of sp³-hybridized carbons (Fsp3) is 0.500. The number of rotatable bonds is 5. The summed E-state index contributed by atoms with van der Waals surface area (Å²) < 4.78 is 6.31. The van der Waals surface area contributed by atoms with Crippen molar-refractivity contribution in [2.45, 2.75) is 18.7 Å². The SMILES string of the molecule is COc1ccc(SCC(C)(C)CI)cc1. The van der Waals surface area contributed by atoms with Gasteiger partial charge in [-0.3, -0.25) is 0 Å². The number of benzene rings is 1. The largest absolute Gasteiger partial charge is 0.497 e.